The van der Waals surface area contributed by atoms with E-state index in [2.05, 4.69) is 73.4 Å². The summed E-state index contributed by atoms with van der Waals surface area (Å²) in [6.07, 6.45) is 6.43. The molecule has 3 heterocycles. The van der Waals surface area contributed by atoms with Gasteiger partial charge in [-0.05, 0) is 58.5 Å². The van der Waals surface area contributed by atoms with E-state index in [1.54, 1.807) is 0 Å². The number of hydrogen-bond donors (Lipinski definition) is 1. The van der Waals surface area contributed by atoms with Crippen LogP contribution in [0.15, 0.2) is 53.3 Å². The molecule has 0 atom stereocenters. The summed E-state index contributed by atoms with van der Waals surface area (Å²) >= 11 is 3.44. The molecule has 0 amide bonds. The first-order chi connectivity index (χ1) is 10.8. The van der Waals surface area contributed by atoms with E-state index in [0.717, 1.165) is 23.4 Å². The van der Waals surface area contributed by atoms with Gasteiger partial charge in [0.15, 0.2) is 0 Å². The average molecular weight is 356 g/mol. The van der Waals surface area contributed by atoms with Crippen molar-refractivity contribution in [2.24, 2.45) is 0 Å². The number of hydrogen-bond acceptors (Lipinski definition) is 2. The number of rotatable bonds is 2. The van der Waals surface area contributed by atoms with E-state index in [1.807, 2.05) is 6.20 Å². The highest BCUT2D eigenvalue weighted by Gasteiger charge is 2.23. The fourth-order valence-electron chi connectivity index (χ4n) is 3.41. The van der Waals surface area contributed by atoms with Gasteiger partial charge in [-0.1, -0.05) is 18.2 Å². The van der Waals surface area contributed by atoms with Crippen molar-refractivity contribution in [1.29, 1.82) is 0 Å². The number of aromatic amines is 1. The molecule has 0 spiro atoms. The number of fused-ring (bicyclic) bond motifs is 1. The van der Waals surface area contributed by atoms with Gasteiger partial charge in [0, 0.05) is 40.9 Å². The standard InChI is InChI=1S/C18H18BrN3/c19-14-5-6-18(21-11-14)22-9-7-13(8-10-22)16-12-20-17-4-2-1-3-15(16)17/h1-6,11-13,20H,7-10H2. The summed E-state index contributed by atoms with van der Waals surface area (Å²) in [5.74, 6) is 1.73. The molecular formula is C18H18BrN3. The van der Waals surface area contributed by atoms with E-state index in [0.29, 0.717) is 5.92 Å². The van der Waals surface area contributed by atoms with E-state index < -0.39 is 0 Å². The van der Waals surface area contributed by atoms with Crippen LogP contribution in [-0.4, -0.2) is 23.1 Å². The van der Waals surface area contributed by atoms with Crippen molar-refractivity contribution in [3.8, 4) is 0 Å². The molecule has 112 valence electrons. The first-order valence-corrected chi connectivity index (χ1v) is 8.53. The fourth-order valence-corrected chi connectivity index (χ4v) is 3.64. The molecule has 1 aromatic carbocycles. The molecule has 4 rings (SSSR count). The normalized spacial score (nSPS) is 16.3. The quantitative estimate of drug-likeness (QED) is 0.721. The van der Waals surface area contributed by atoms with Crippen molar-refractivity contribution in [3.05, 3.63) is 58.8 Å². The second kappa shape index (κ2) is 5.76. The molecule has 0 unspecified atom stereocenters. The Morgan fingerprint density at radius 3 is 2.68 bits per heavy atom. The summed E-state index contributed by atoms with van der Waals surface area (Å²) in [7, 11) is 0. The Bertz CT molecular complexity index is 770. The van der Waals surface area contributed by atoms with E-state index in [1.165, 1.54) is 29.3 Å². The van der Waals surface area contributed by atoms with E-state index >= 15 is 0 Å². The molecule has 1 aliphatic rings. The van der Waals surface area contributed by atoms with Gasteiger partial charge in [0.2, 0.25) is 0 Å². The van der Waals surface area contributed by atoms with Crippen LogP contribution in [0.5, 0.6) is 0 Å². The molecule has 4 heteroatoms. The highest BCUT2D eigenvalue weighted by atomic mass is 79.9. The van der Waals surface area contributed by atoms with Gasteiger partial charge >= 0.3 is 0 Å². The van der Waals surface area contributed by atoms with Crippen molar-refractivity contribution < 1.29 is 0 Å². The van der Waals surface area contributed by atoms with Gasteiger partial charge in [-0.3, -0.25) is 0 Å². The number of piperidine rings is 1. The van der Waals surface area contributed by atoms with Crippen LogP contribution in [0.1, 0.15) is 24.3 Å². The van der Waals surface area contributed by atoms with Crippen molar-refractivity contribution in [2.75, 3.05) is 18.0 Å². The molecule has 0 radical (unpaired) electrons. The molecule has 22 heavy (non-hydrogen) atoms. The van der Waals surface area contributed by atoms with Gasteiger partial charge in [0.25, 0.3) is 0 Å². The number of H-pyrrole nitrogens is 1. The van der Waals surface area contributed by atoms with Gasteiger partial charge in [-0.25, -0.2) is 4.98 Å². The molecule has 1 fully saturated rings. The Labute approximate surface area is 138 Å². The van der Waals surface area contributed by atoms with Gasteiger partial charge < -0.3 is 9.88 Å². The minimum Gasteiger partial charge on any atom is -0.361 e. The Morgan fingerprint density at radius 1 is 1.09 bits per heavy atom. The number of anilines is 1. The molecule has 1 aliphatic heterocycles. The Morgan fingerprint density at radius 2 is 1.91 bits per heavy atom. The summed E-state index contributed by atoms with van der Waals surface area (Å²) in [4.78, 5) is 10.3. The lowest BCUT2D eigenvalue weighted by Crippen LogP contribution is -2.33. The SMILES string of the molecule is Brc1ccc(N2CCC(c3c[nH]c4ccccc34)CC2)nc1. The fraction of sp³-hybridized carbons (Fsp3) is 0.278. The van der Waals surface area contributed by atoms with Crippen LogP contribution in [0.2, 0.25) is 0 Å². The van der Waals surface area contributed by atoms with E-state index in [9.17, 15) is 0 Å². The minimum absolute atomic E-state index is 0.642. The van der Waals surface area contributed by atoms with Gasteiger partial charge in [-0.15, -0.1) is 0 Å². The number of halogens is 1. The number of nitrogens with one attached hydrogen (secondary N) is 1. The summed E-state index contributed by atoms with van der Waals surface area (Å²) in [6.45, 7) is 2.14. The lowest BCUT2D eigenvalue weighted by atomic mass is 9.89. The number of aromatic nitrogens is 2. The van der Waals surface area contributed by atoms with Gasteiger partial charge in [0.1, 0.15) is 5.82 Å². The molecule has 3 aromatic rings. The monoisotopic (exact) mass is 355 g/mol. The predicted octanol–water partition coefficient (Wildman–Crippen LogP) is 4.71. The maximum atomic E-state index is 4.51. The van der Waals surface area contributed by atoms with Crippen LogP contribution < -0.4 is 4.90 Å². The minimum atomic E-state index is 0.642. The van der Waals surface area contributed by atoms with E-state index in [4.69, 9.17) is 0 Å². The van der Waals surface area contributed by atoms with Crippen LogP contribution in [0.25, 0.3) is 10.9 Å². The largest absolute Gasteiger partial charge is 0.361 e. The molecule has 0 saturated carbocycles. The molecule has 1 saturated heterocycles. The first kappa shape index (κ1) is 13.8. The zero-order chi connectivity index (χ0) is 14.9. The summed E-state index contributed by atoms with van der Waals surface area (Å²) in [5.41, 5.74) is 2.72. The van der Waals surface area contributed by atoms with Crippen molar-refractivity contribution in [2.45, 2.75) is 18.8 Å². The molecule has 2 aromatic heterocycles. The zero-order valence-electron chi connectivity index (χ0n) is 12.3. The summed E-state index contributed by atoms with van der Waals surface area (Å²) < 4.78 is 1.03. The summed E-state index contributed by atoms with van der Waals surface area (Å²) in [5, 5.41) is 1.38. The number of benzene rings is 1. The first-order valence-electron chi connectivity index (χ1n) is 7.74. The van der Waals surface area contributed by atoms with Crippen LogP contribution in [0.4, 0.5) is 5.82 Å². The number of nitrogens with zero attached hydrogens (tertiary/aromatic N) is 2. The third-order valence-electron chi connectivity index (χ3n) is 4.59. The lowest BCUT2D eigenvalue weighted by molar-refractivity contribution is 0.505. The zero-order valence-corrected chi connectivity index (χ0v) is 13.9. The van der Waals surface area contributed by atoms with Gasteiger partial charge in [0.05, 0.1) is 0 Å². The van der Waals surface area contributed by atoms with Crippen LogP contribution in [-0.2, 0) is 0 Å². The van der Waals surface area contributed by atoms with Gasteiger partial charge in [-0.2, -0.15) is 0 Å². The average Bonchev–Trinajstić information content (AvgIpc) is 3.00. The van der Waals surface area contributed by atoms with Crippen LogP contribution in [0.3, 0.4) is 0 Å². The summed E-state index contributed by atoms with van der Waals surface area (Å²) in [6, 6.07) is 12.7. The number of para-hydroxylation sites is 1. The number of pyridine rings is 1. The van der Waals surface area contributed by atoms with Crippen molar-refractivity contribution in [1.82, 2.24) is 9.97 Å². The maximum Gasteiger partial charge on any atom is 0.128 e. The highest BCUT2D eigenvalue weighted by molar-refractivity contribution is 9.10. The molecule has 0 bridgehead atoms. The highest BCUT2D eigenvalue weighted by Crippen LogP contribution is 2.34. The molecular weight excluding hydrogens is 338 g/mol. The second-order valence-electron chi connectivity index (χ2n) is 5.89. The van der Waals surface area contributed by atoms with E-state index in [-0.39, 0.29) is 0 Å². The maximum absolute atomic E-state index is 4.51. The Hall–Kier alpha value is -1.81. The van der Waals surface area contributed by atoms with Crippen LogP contribution in [0, 0.1) is 0 Å². The molecule has 0 aliphatic carbocycles. The topological polar surface area (TPSA) is 31.9 Å². The van der Waals surface area contributed by atoms with Crippen molar-refractivity contribution >= 4 is 32.7 Å². The third-order valence-corrected chi connectivity index (χ3v) is 5.06. The smallest absolute Gasteiger partial charge is 0.128 e. The Balaban J connectivity index is 1.51. The molecule has 1 N–H and O–H groups in total. The van der Waals surface area contributed by atoms with Crippen molar-refractivity contribution in [3.63, 3.8) is 0 Å². The lowest BCUT2D eigenvalue weighted by Gasteiger charge is -2.32. The molecule has 3 nitrogen and oxygen atoms in total. The predicted molar refractivity (Wildman–Crippen MR) is 94.4 cm³/mol. The van der Waals surface area contributed by atoms with Crippen LogP contribution >= 0.6 is 15.9 Å². The Kier molecular flexibility index (Phi) is 3.62. The second-order valence-corrected chi connectivity index (χ2v) is 6.80. The third kappa shape index (κ3) is 2.52.